The molecule has 154 valence electrons. The molecule has 30 heavy (non-hydrogen) atoms. The van der Waals surface area contributed by atoms with E-state index in [9.17, 15) is 9.59 Å². The number of carbonyl (C=O) groups is 2. The smallest absolute Gasteiger partial charge is 0.289 e. The number of carbonyl (C=O) groups excluding carboxylic acids is 2. The topological polar surface area (TPSA) is 91.6 Å². The van der Waals surface area contributed by atoms with E-state index >= 15 is 0 Å². The number of amides is 2. The molecule has 0 aromatic carbocycles. The summed E-state index contributed by atoms with van der Waals surface area (Å²) in [6, 6.07) is 12.6. The molecule has 0 saturated carbocycles. The van der Waals surface area contributed by atoms with Gasteiger partial charge in [-0.1, -0.05) is 6.07 Å². The summed E-state index contributed by atoms with van der Waals surface area (Å²) in [6.45, 7) is 2.76. The summed E-state index contributed by atoms with van der Waals surface area (Å²) < 4.78 is 5.21. The highest BCUT2D eigenvalue weighted by Gasteiger charge is 2.26. The lowest BCUT2D eigenvalue weighted by Crippen LogP contribution is -2.49. The quantitative estimate of drug-likeness (QED) is 0.675. The Hall–Kier alpha value is -3.68. The molecule has 0 unspecified atom stereocenters. The molecule has 3 aromatic heterocycles. The molecule has 3 aromatic rings. The van der Waals surface area contributed by atoms with E-state index in [4.69, 9.17) is 4.42 Å². The fraction of sp³-hybridized carbons (Fsp3) is 0.273. The largest absolute Gasteiger partial charge is 0.459 e. The van der Waals surface area contributed by atoms with Crippen molar-refractivity contribution in [3.8, 4) is 0 Å². The molecule has 4 rings (SSSR count). The number of pyridine rings is 2. The second kappa shape index (κ2) is 9.21. The van der Waals surface area contributed by atoms with Crippen LogP contribution in [0, 0.1) is 0 Å². The van der Waals surface area contributed by atoms with Gasteiger partial charge in [-0.25, -0.2) is 4.98 Å². The molecule has 0 radical (unpaired) electrons. The number of nitrogens with one attached hydrogen (secondary N) is 1. The lowest BCUT2D eigenvalue weighted by Gasteiger charge is -2.35. The lowest BCUT2D eigenvalue weighted by atomic mass is 10.2. The first-order valence-electron chi connectivity index (χ1n) is 9.93. The summed E-state index contributed by atoms with van der Waals surface area (Å²) in [7, 11) is 0. The molecule has 8 heteroatoms. The predicted octanol–water partition coefficient (Wildman–Crippen LogP) is 2.00. The minimum Gasteiger partial charge on any atom is -0.459 e. The Bertz CT molecular complexity index is 983. The van der Waals surface area contributed by atoms with Crippen LogP contribution in [-0.2, 0) is 6.42 Å². The number of hydrogen-bond acceptors (Lipinski definition) is 6. The molecule has 2 amide bonds. The van der Waals surface area contributed by atoms with Crippen LogP contribution in [0.15, 0.2) is 65.5 Å². The highest BCUT2D eigenvalue weighted by atomic mass is 16.3. The van der Waals surface area contributed by atoms with Gasteiger partial charge in [-0.15, -0.1) is 0 Å². The molecule has 0 spiro atoms. The van der Waals surface area contributed by atoms with Gasteiger partial charge in [-0.2, -0.15) is 0 Å². The Morgan fingerprint density at radius 1 is 0.967 bits per heavy atom. The van der Waals surface area contributed by atoms with Crippen LogP contribution in [-0.4, -0.2) is 59.4 Å². The van der Waals surface area contributed by atoms with Gasteiger partial charge in [0.15, 0.2) is 5.76 Å². The van der Waals surface area contributed by atoms with Crippen LogP contribution < -0.4 is 10.2 Å². The predicted molar refractivity (Wildman–Crippen MR) is 111 cm³/mol. The zero-order chi connectivity index (χ0) is 20.8. The van der Waals surface area contributed by atoms with Gasteiger partial charge in [0, 0.05) is 57.2 Å². The van der Waals surface area contributed by atoms with Crippen LogP contribution in [0.3, 0.4) is 0 Å². The third kappa shape index (κ3) is 4.48. The van der Waals surface area contributed by atoms with Crippen molar-refractivity contribution in [3.63, 3.8) is 0 Å². The lowest BCUT2D eigenvalue weighted by molar-refractivity contribution is 0.0713. The van der Waals surface area contributed by atoms with E-state index in [0.717, 1.165) is 5.69 Å². The van der Waals surface area contributed by atoms with E-state index in [1.807, 2.05) is 23.1 Å². The molecule has 1 aliphatic heterocycles. The molecule has 1 saturated heterocycles. The third-order valence-electron chi connectivity index (χ3n) is 5.02. The molecule has 4 heterocycles. The van der Waals surface area contributed by atoms with Gasteiger partial charge in [0.1, 0.15) is 5.82 Å². The summed E-state index contributed by atoms with van der Waals surface area (Å²) in [5.74, 6) is 0.698. The average Bonchev–Trinajstić information content (AvgIpc) is 3.34. The molecule has 0 aliphatic carbocycles. The van der Waals surface area contributed by atoms with Crippen molar-refractivity contribution in [2.75, 3.05) is 37.6 Å². The van der Waals surface area contributed by atoms with Crippen LogP contribution in [0.1, 0.15) is 26.6 Å². The van der Waals surface area contributed by atoms with Gasteiger partial charge in [-0.05, 0) is 36.4 Å². The molecule has 0 bridgehead atoms. The molecule has 8 nitrogen and oxygen atoms in total. The van der Waals surface area contributed by atoms with Gasteiger partial charge in [-0.3, -0.25) is 14.6 Å². The van der Waals surface area contributed by atoms with E-state index in [1.54, 1.807) is 41.6 Å². The number of furan rings is 1. The van der Waals surface area contributed by atoms with E-state index in [-0.39, 0.29) is 11.8 Å². The number of rotatable bonds is 6. The summed E-state index contributed by atoms with van der Waals surface area (Å²) in [4.78, 5) is 37.7. The fourth-order valence-corrected chi connectivity index (χ4v) is 3.45. The number of piperazine rings is 1. The number of aromatic nitrogens is 2. The third-order valence-corrected chi connectivity index (χ3v) is 5.02. The van der Waals surface area contributed by atoms with Crippen LogP contribution in [0.4, 0.5) is 5.82 Å². The van der Waals surface area contributed by atoms with Crippen LogP contribution in [0.25, 0.3) is 0 Å². The Kier molecular flexibility index (Phi) is 6.03. The molecule has 1 fully saturated rings. The number of nitrogens with zero attached hydrogens (tertiary/aromatic N) is 4. The Balaban J connectivity index is 1.36. The van der Waals surface area contributed by atoms with Crippen molar-refractivity contribution in [2.45, 2.75) is 6.42 Å². The maximum atomic E-state index is 12.8. The first kappa shape index (κ1) is 19.6. The standard InChI is InChI=1S/C22H23N5O3/c28-21(25-11-8-17-5-1-2-9-23-17)18-6-3-10-24-20(18)26-12-14-27(15-13-26)22(29)19-7-4-16-30-19/h1-7,9-10,16H,8,11-15H2,(H,25,28). The molecule has 1 N–H and O–H groups in total. The summed E-state index contributed by atoms with van der Waals surface area (Å²) in [6.07, 6.45) is 5.58. The second-order valence-corrected chi connectivity index (χ2v) is 6.96. The Morgan fingerprint density at radius 3 is 2.53 bits per heavy atom. The van der Waals surface area contributed by atoms with Crippen LogP contribution >= 0.6 is 0 Å². The average molecular weight is 405 g/mol. The van der Waals surface area contributed by atoms with Gasteiger partial charge in [0.25, 0.3) is 11.8 Å². The number of hydrogen-bond donors (Lipinski definition) is 1. The van der Waals surface area contributed by atoms with E-state index in [1.165, 1.54) is 6.26 Å². The Morgan fingerprint density at radius 2 is 1.80 bits per heavy atom. The highest BCUT2D eigenvalue weighted by molar-refractivity contribution is 5.99. The normalized spacial score (nSPS) is 13.9. The maximum Gasteiger partial charge on any atom is 0.289 e. The maximum absolute atomic E-state index is 12.8. The van der Waals surface area contributed by atoms with Crippen molar-refractivity contribution in [3.05, 3.63) is 78.1 Å². The van der Waals surface area contributed by atoms with Crippen LogP contribution in [0.2, 0.25) is 0 Å². The summed E-state index contributed by atoms with van der Waals surface area (Å²) in [5, 5.41) is 2.95. The van der Waals surface area contributed by atoms with Crippen LogP contribution in [0.5, 0.6) is 0 Å². The van der Waals surface area contributed by atoms with Gasteiger partial charge < -0.3 is 19.5 Å². The first-order chi connectivity index (χ1) is 14.7. The SMILES string of the molecule is O=C(NCCc1ccccn1)c1cccnc1N1CCN(C(=O)c2ccco2)CC1. The summed E-state index contributed by atoms with van der Waals surface area (Å²) >= 11 is 0. The zero-order valence-electron chi connectivity index (χ0n) is 16.5. The van der Waals surface area contributed by atoms with Crippen molar-refractivity contribution in [2.24, 2.45) is 0 Å². The monoisotopic (exact) mass is 405 g/mol. The second-order valence-electron chi connectivity index (χ2n) is 6.96. The van der Waals surface area contributed by atoms with Crippen molar-refractivity contribution < 1.29 is 14.0 Å². The van der Waals surface area contributed by atoms with E-state index in [2.05, 4.69) is 15.3 Å². The summed E-state index contributed by atoms with van der Waals surface area (Å²) in [5.41, 5.74) is 1.46. The minimum absolute atomic E-state index is 0.117. The van der Waals surface area contributed by atoms with Gasteiger partial charge in [0.05, 0.1) is 11.8 Å². The molecule has 0 atom stereocenters. The van der Waals surface area contributed by atoms with Gasteiger partial charge >= 0.3 is 0 Å². The van der Waals surface area contributed by atoms with E-state index < -0.39 is 0 Å². The van der Waals surface area contributed by atoms with Gasteiger partial charge in [0.2, 0.25) is 0 Å². The highest BCUT2D eigenvalue weighted by Crippen LogP contribution is 2.20. The molecular weight excluding hydrogens is 382 g/mol. The Labute approximate surface area is 174 Å². The molecular formula is C22H23N5O3. The zero-order valence-corrected chi connectivity index (χ0v) is 16.5. The van der Waals surface area contributed by atoms with Crippen molar-refractivity contribution in [1.82, 2.24) is 20.2 Å². The van der Waals surface area contributed by atoms with Crippen molar-refractivity contribution in [1.29, 1.82) is 0 Å². The fourth-order valence-electron chi connectivity index (χ4n) is 3.45. The minimum atomic E-state index is -0.164. The molecule has 1 aliphatic rings. The van der Waals surface area contributed by atoms with E-state index in [0.29, 0.717) is 56.3 Å². The number of anilines is 1. The van der Waals surface area contributed by atoms with Crippen molar-refractivity contribution >= 4 is 17.6 Å². The first-order valence-corrected chi connectivity index (χ1v) is 9.93.